The van der Waals surface area contributed by atoms with Crippen LogP contribution in [0.3, 0.4) is 0 Å². The Morgan fingerprint density at radius 3 is 2.54 bits per heavy atom. The standard InChI is InChI=1S/C16H24ClN3O3S/c1-3-24(22,23)20-10-8-13(9-11-20)19-16(21)18-12(2)14-6-4-5-7-15(14)17/h4-7,12-13H,3,8-11H2,1-2H3,(H2,18,19,21)/t12-/m0/s1. The summed E-state index contributed by atoms with van der Waals surface area (Å²) in [4.78, 5) is 12.1. The first kappa shape index (κ1) is 19.0. The summed E-state index contributed by atoms with van der Waals surface area (Å²) in [5.41, 5.74) is 0.859. The normalized spacial score (nSPS) is 18.1. The van der Waals surface area contributed by atoms with Crippen LogP contribution in [0.2, 0.25) is 5.02 Å². The predicted molar refractivity (Wildman–Crippen MR) is 95.6 cm³/mol. The fraction of sp³-hybridized carbons (Fsp3) is 0.562. The lowest BCUT2D eigenvalue weighted by atomic mass is 10.1. The van der Waals surface area contributed by atoms with E-state index in [4.69, 9.17) is 11.6 Å². The van der Waals surface area contributed by atoms with E-state index in [1.54, 1.807) is 13.0 Å². The highest BCUT2D eigenvalue weighted by Crippen LogP contribution is 2.22. The molecule has 1 fully saturated rings. The minimum Gasteiger partial charge on any atom is -0.335 e. The maximum absolute atomic E-state index is 12.1. The van der Waals surface area contributed by atoms with Crippen LogP contribution in [0.4, 0.5) is 4.79 Å². The Hall–Kier alpha value is -1.31. The summed E-state index contributed by atoms with van der Waals surface area (Å²) in [6, 6.07) is 6.89. The van der Waals surface area contributed by atoms with Gasteiger partial charge in [-0.05, 0) is 38.3 Å². The molecule has 134 valence electrons. The molecule has 1 aliphatic rings. The molecule has 1 atom stereocenters. The Labute approximate surface area is 148 Å². The molecule has 1 saturated heterocycles. The number of carbonyl (C=O) groups is 1. The fourth-order valence-corrected chi connectivity index (χ4v) is 4.22. The van der Waals surface area contributed by atoms with Gasteiger partial charge >= 0.3 is 6.03 Å². The van der Waals surface area contributed by atoms with Crippen molar-refractivity contribution in [2.75, 3.05) is 18.8 Å². The molecule has 1 aromatic carbocycles. The second-order valence-corrected chi connectivity index (χ2v) is 8.60. The number of amides is 2. The number of rotatable bonds is 5. The SMILES string of the molecule is CCS(=O)(=O)N1CCC(NC(=O)N[C@@H](C)c2ccccc2Cl)CC1. The maximum Gasteiger partial charge on any atom is 0.315 e. The van der Waals surface area contributed by atoms with Crippen LogP contribution in [-0.2, 0) is 10.0 Å². The zero-order valence-electron chi connectivity index (χ0n) is 14.0. The smallest absolute Gasteiger partial charge is 0.315 e. The molecule has 0 aromatic heterocycles. The highest BCUT2D eigenvalue weighted by Gasteiger charge is 2.27. The van der Waals surface area contributed by atoms with Crippen molar-refractivity contribution in [1.29, 1.82) is 0 Å². The molecule has 0 bridgehead atoms. The topological polar surface area (TPSA) is 78.5 Å². The van der Waals surface area contributed by atoms with Crippen LogP contribution in [0.5, 0.6) is 0 Å². The van der Waals surface area contributed by atoms with Crippen LogP contribution in [0.1, 0.15) is 38.3 Å². The number of piperidine rings is 1. The lowest BCUT2D eigenvalue weighted by Crippen LogP contribution is -2.49. The van der Waals surface area contributed by atoms with Gasteiger partial charge < -0.3 is 10.6 Å². The molecule has 0 unspecified atom stereocenters. The lowest BCUT2D eigenvalue weighted by Gasteiger charge is -2.31. The highest BCUT2D eigenvalue weighted by molar-refractivity contribution is 7.89. The number of hydrogen-bond donors (Lipinski definition) is 2. The van der Waals surface area contributed by atoms with Crippen molar-refractivity contribution in [2.24, 2.45) is 0 Å². The van der Waals surface area contributed by atoms with E-state index >= 15 is 0 Å². The Balaban J connectivity index is 1.83. The van der Waals surface area contributed by atoms with Crippen LogP contribution >= 0.6 is 11.6 Å². The first-order chi connectivity index (χ1) is 11.3. The molecule has 8 heteroatoms. The third-order valence-electron chi connectivity index (χ3n) is 4.27. The molecule has 2 N–H and O–H groups in total. The third kappa shape index (κ3) is 4.84. The molecule has 1 aliphatic heterocycles. The summed E-state index contributed by atoms with van der Waals surface area (Å²) in [7, 11) is -3.14. The van der Waals surface area contributed by atoms with Gasteiger partial charge in [0.15, 0.2) is 0 Å². The second-order valence-electron chi connectivity index (χ2n) is 5.93. The van der Waals surface area contributed by atoms with Gasteiger partial charge in [-0.3, -0.25) is 0 Å². The van der Waals surface area contributed by atoms with Crippen molar-refractivity contribution in [1.82, 2.24) is 14.9 Å². The summed E-state index contributed by atoms with van der Waals surface area (Å²) in [6.07, 6.45) is 1.24. The summed E-state index contributed by atoms with van der Waals surface area (Å²) >= 11 is 6.13. The van der Waals surface area contributed by atoms with Crippen LogP contribution in [0.15, 0.2) is 24.3 Å². The van der Waals surface area contributed by atoms with E-state index in [-0.39, 0.29) is 23.9 Å². The molecule has 2 rings (SSSR count). The number of benzene rings is 1. The molecule has 0 spiro atoms. The largest absolute Gasteiger partial charge is 0.335 e. The number of halogens is 1. The van der Waals surface area contributed by atoms with Crippen LogP contribution in [0, 0.1) is 0 Å². The monoisotopic (exact) mass is 373 g/mol. The van der Waals surface area contributed by atoms with E-state index in [1.165, 1.54) is 4.31 Å². The summed E-state index contributed by atoms with van der Waals surface area (Å²) in [5.74, 6) is 0.112. The van der Waals surface area contributed by atoms with E-state index in [1.807, 2.05) is 25.1 Å². The van der Waals surface area contributed by atoms with Crippen molar-refractivity contribution < 1.29 is 13.2 Å². The molecule has 0 aliphatic carbocycles. The summed E-state index contributed by atoms with van der Waals surface area (Å²) in [5, 5.41) is 6.40. The number of urea groups is 1. The minimum atomic E-state index is -3.14. The van der Waals surface area contributed by atoms with Crippen LogP contribution < -0.4 is 10.6 Å². The average molecular weight is 374 g/mol. The van der Waals surface area contributed by atoms with Crippen molar-refractivity contribution in [3.63, 3.8) is 0 Å². The number of sulfonamides is 1. The lowest BCUT2D eigenvalue weighted by molar-refractivity contribution is 0.225. The molecule has 24 heavy (non-hydrogen) atoms. The number of hydrogen-bond acceptors (Lipinski definition) is 3. The van der Waals surface area contributed by atoms with Gasteiger partial charge in [0.05, 0.1) is 11.8 Å². The van der Waals surface area contributed by atoms with Crippen LogP contribution in [0.25, 0.3) is 0 Å². The number of nitrogens with one attached hydrogen (secondary N) is 2. The van der Waals surface area contributed by atoms with Gasteiger partial charge in [0.1, 0.15) is 0 Å². The Kier molecular flexibility index (Phi) is 6.48. The summed E-state index contributed by atoms with van der Waals surface area (Å²) in [6.45, 7) is 4.41. The van der Waals surface area contributed by atoms with Gasteiger partial charge in [-0.2, -0.15) is 0 Å². The van der Waals surface area contributed by atoms with Gasteiger partial charge in [0.25, 0.3) is 0 Å². The molecule has 2 amide bonds. The van der Waals surface area contributed by atoms with Crippen LogP contribution in [-0.4, -0.2) is 43.6 Å². The first-order valence-corrected chi connectivity index (χ1v) is 10.1. The molecule has 1 heterocycles. The molecular weight excluding hydrogens is 350 g/mol. The zero-order chi connectivity index (χ0) is 17.7. The quantitative estimate of drug-likeness (QED) is 0.832. The number of nitrogens with zero attached hydrogens (tertiary/aromatic N) is 1. The molecular formula is C16H24ClN3O3S. The third-order valence-corrected chi connectivity index (χ3v) is 6.49. The molecule has 6 nitrogen and oxygen atoms in total. The average Bonchev–Trinajstić information content (AvgIpc) is 2.55. The van der Waals surface area contributed by atoms with E-state index in [0.717, 1.165) is 5.56 Å². The Morgan fingerprint density at radius 1 is 1.33 bits per heavy atom. The van der Waals surface area contributed by atoms with Gasteiger partial charge in [-0.1, -0.05) is 29.8 Å². The highest BCUT2D eigenvalue weighted by atomic mass is 35.5. The van der Waals surface area contributed by atoms with Gasteiger partial charge in [-0.15, -0.1) is 0 Å². The maximum atomic E-state index is 12.1. The fourth-order valence-electron chi connectivity index (χ4n) is 2.79. The number of carbonyl (C=O) groups excluding carboxylic acids is 1. The molecule has 0 saturated carbocycles. The van der Waals surface area contributed by atoms with Crippen molar-refractivity contribution in [3.8, 4) is 0 Å². The zero-order valence-corrected chi connectivity index (χ0v) is 15.5. The van der Waals surface area contributed by atoms with E-state index < -0.39 is 10.0 Å². The van der Waals surface area contributed by atoms with Crippen molar-refractivity contribution in [3.05, 3.63) is 34.9 Å². The first-order valence-electron chi connectivity index (χ1n) is 8.12. The van der Waals surface area contributed by atoms with E-state index in [0.29, 0.717) is 31.0 Å². The Morgan fingerprint density at radius 2 is 1.96 bits per heavy atom. The van der Waals surface area contributed by atoms with Gasteiger partial charge in [0, 0.05) is 24.2 Å². The van der Waals surface area contributed by atoms with Crippen molar-refractivity contribution >= 4 is 27.7 Å². The van der Waals surface area contributed by atoms with Gasteiger partial charge in [0.2, 0.25) is 10.0 Å². The molecule has 0 radical (unpaired) electrons. The van der Waals surface area contributed by atoms with Crippen molar-refractivity contribution in [2.45, 2.75) is 38.8 Å². The Bertz CT molecular complexity index is 673. The summed E-state index contributed by atoms with van der Waals surface area (Å²) < 4.78 is 25.2. The minimum absolute atomic E-state index is 0.0215. The second kappa shape index (κ2) is 8.18. The molecule has 1 aromatic rings. The predicted octanol–water partition coefficient (Wildman–Crippen LogP) is 2.51. The van der Waals surface area contributed by atoms with E-state index in [2.05, 4.69) is 10.6 Å². The van der Waals surface area contributed by atoms with E-state index in [9.17, 15) is 13.2 Å². The van der Waals surface area contributed by atoms with Gasteiger partial charge in [-0.25, -0.2) is 17.5 Å².